The quantitative estimate of drug-likeness (QED) is 0.737. The molecule has 0 spiro atoms. The van der Waals surface area contributed by atoms with Gasteiger partial charge in [0.15, 0.2) is 0 Å². The molecule has 1 amide bonds. The Morgan fingerprint density at radius 1 is 1.15 bits per heavy atom. The van der Waals surface area contributed by atoms with E-state index in [1.54, 1.807) is 24.3 Å². The Bertz CT molecular complexity index is 722. The third kappa shape index (κ3) is 5.51. The van der Waals surface area contributed by atoms with Crippen molar-refractivity contribution in [3.63, 3.8) is 0 Å². The zero-order valence-electron chi connectivity index (χ0n) is 16.0. The van der Waals surface area contributed by atoms with Crippen LogP contribution in [0.5, 0.6) is 0 Å². The summed E-state index contributed by atoms with van der Waals surface area (Å²) >= 11 is 0. The smallest absolute Gasteiger partial charge is 0.240 e. The fourth-order valence-electron chi connectivity index (χ4n) is 3.61. The molecule has 1 atom stereocenters. The summed E-state index contributed by atoms with van der Waals surface area (Å²) in [5.74, 6) is 0.217. The molecule has 7 nitrogen and oxygen atoms in total. The number of sulfonamides is 1. The predicted molar refractivity (Wildman–Crippen MR) is 105 cm³/mol. The van der Waals surface area contributed by atoms with Gasteiger partial charge in [0.1, 0.15) is 0 Å². The van der Waals surface area contributed by atoms with Gasteiger partial charge in [-0.1, -0.05) is 24.1 Å². The summed E-state index contributed by atoms with van der Waals surface area (Å²) in [6.45, 7) is 6.86. The Hall–Kier alpha value is -1.48. The standard InChI is InChI=1S/C19H30N4O3S/c1-16-5-7-17(8-6-16)27(25,26)21-10-11-22-12-14-23(15-13-22)19(24)18-4-2-3-9-20-18/h5-8,18,20-21H,2-4,9-15H2,1H3/t18-/m1/s1. The summed E-state index contributed by atoms with van der Waals surface area (Å²) in [7, 11) is -3.47. The van der Waals surface area contributed by atoms with Crippen molar-refractivity contribution in [1.82, 2.24) is 19.8 Å². The summed E-state index contributed by atoms with van der Waals surface area (Å²) in [5.41, 5.74) is 1.03. The van der Waals surface area contributed by atoms with Crippen LogP contribution in [0.1, 0.15) is 24.8 Å². The first kappa shape index (κ1) is 20.3. The van der Waals surface area contributed by atoms with E-state index >= 15 is 0 Å². The van der Waals surface area contributed by atoms with Crippen LogP contribution in [0.25, 0.3) is 0 Å². The van der Waals surface area contributed by atoms with Crippen molar-refractivity contribution < 1.29 is 13.2 Å². The lowest BCUT2D eigenvalue weighted by Gasteiger charge is -2.37. The molecule has 2 heterocycles. The lowest BCUT2D eigenvalue weighted by Crippen LogP contribution is -2.55. The second-order valence-electron chi connectivity index (χ2n) is 7.38. The zero-order valence-corrected chi connectivity index (χ0v) is 16.8. The van der Waals surface area contributed by atoms with E-state index in [4.69, 9.17) is 0 Å². The highest BCUT2D eigenvalue weighted by Gasteiger charge is 2.28. The maximum atomic E-state index is 12.5. The fraction of sp³-hybridized carbons (Fsp3) is 0.632. The minimum atomic E-state index is -3.47. The first-order chi connectivity index (χ1) is 13.0. The molecule has 2 N–H and O–H groups in total. The van der Waals surface area contributed by atoms with Crippen molar-refractivity contribution in [2.24, 2.45) is 0 Å². The van der Waals surface area contributed by atoms with Gasteiger partial charge in [0, 0.05) is 39.3 Å². The van der Waals surface area contributed by atoms with Gasteiger partial charge in [0.05, 0.1) is 10.9 Å². The molecule has 0 aliphatic carbocycles. The molecule has 0 saturated carbocycles. The second-order valence-corrected chi connectivity index (χ2v) is 9.15. The van der Waals surface area contributed by atoms with Gasteiger partial charge in [-0.15, -0.1) is 0 Å². The van der Waals surface area contributed by atoms with E-state index in [9.17, 15) is 13.2 Å². The first-order valence-corrected chi connectivity index (χ1v) is 11.2. The van der Waals surface area contributed by atoms with Crippen LogP contribution in [0.4, 0.5) is 0 Å². The maximum absolute atomic E-state index is 12.5. The van der Waals surface area contributed by atoms with Crippen LogP contribution >= 0.6 is 0 Å². The highest BCUT2D eigenvalue weighted by Crippen LogP contribution is 2.12. The first-order valence-electron chi connectivity index (χ1n) is 9.76. The Balaban J connectivity index is 1.40. The van der Waals surface area contributed by atoms with Crippen molar-refractivity contribution in [3.8, 4) is 0 Å². The lowest BCUT2D eigenvalue weighted by molar-refractivity contribution is -0.135. The van der Waals surface area contributed by atoms with Gasteiger partial charge < -0.3 is 10.2 Å². The van der Waals surface area contributed by atoms with Crippen molar-refractivity contribution in [2.75, 3.05) is 45.8 Å². The number of piperidine rings is 1. The van der Waals surface area contributed by atoms with Crippen LogP contribution in [-0.4, -0.2) is 76.0 Å². The van der Waals surface area contributed by atoms with Crippen LogP contribution in [0.2, 0.25) is 0 Å². The molecule has 0 bridgehead atoms. The van der Waals surface area contributed by atoms with Crippen LogP contribution in [0.3, 0.4) is 0 Å². The normalized spacial score (nSPS) is 22.0. The molecule has 2 aliphatic heterocycles. The number of hydrogen-bond donors (Lipinski definition) is 2. The van der Waals surface area contributed by atoms with Crippen LogP contribution in [-0.2, 0) is 14.8 Å². The minimum absolute atomic E-state index is 0.0216. The van der Waals surface area contributed by atoms with E-state index in [1.807, 2.05) is 11.8 Å². The molecule has 1 aromatic rings. The van der Waals surface area contributed by atoms with Crippen LogP contribution < -0.4 is 10.0 Å². The number of carbonyl (C=O) groups excluding carboxylic acids is 1. The van der Waals surface area contributed by atoms with Gasteiger partial charge in [-0.3, -0.25) is 9.69 Å². The summed E-state index contributed by atoms with van der Waals surface area (Å²) in [6, 6.07) is 6.83. The van der Waals surface area contributed by atoms with Gasteiger partial charge in [-0.2, -0.15) is 0 Å². The van der Waals surface area contributed by atoms with Crippen molar-refractivity contribution in [3.05, 3.63) is 29.8 Å². The van der Waals surface area contributed by atoms with Crippen molar-refractivity contribution in [1.29, 1.82) is 0 Å². The predicted octanol–water partition coefficient (Wildman–Crippen LogP) is 0.560. The Kier molecular flexibility index (Phi) is 6.86. The van der Waals surface area contributed by atoms with E-state index < -0.39 is 10.0 Å². The van der Waals surface area contributed by atoms with E-state index in [2.05, 4.69) is 14.9 Å². The average Bonchev–Trinajstić information content (AvgIpc) is 2.69. The zero-order chi connectivity index (χ0) is 19.3. The van der Waals surface area contributed by atoms with Crippen LogP contribution in [0.15, 0.2) is 29.2 Å². The topological polar surface area (TPSA) is 81.8 Å². The van der Waals surface area contributed by atoms with E-state index in [0.717, 1.165) is 44.5 Å². The third-order valence-electron chi connectivity index (χ3n) is 5.34. The summed E-state index contributed by atoms with van der Waals surface area (Å²) in [6.07, 6.45) is 3.19. The van der Waals surface area contributed by atoms with Crippen molar-refractivity contribution >= 4 is 15.9 Å². The largest absolute Gasteiger partial charge is 0.339 e. The molecular formula is C19H30N4O3S. The molecule has 27 heavy (non-hydrogen) atoms. The van der Waals surface area contributed by atoms with Crippen molar-refractivity contribution in [2.45, 2.75) is 37.1 Å². The highest BCUT2D eigenvalue weighted by atomic mass is 32.2. The van der Waals surface area contributed by atoms with Gasteiger partial charge in [-0.25, -0.2) is 13.1 Å². The minimum Gasteiger partial charge on any atom is -0.339 e. The van der Waals surface area contributed by atoms with E-state index in [-0.39, 0.29) is 11.9 Å². The molecule has 0 unspecified atom stereocenters. The molecule has 3 rings (SSSR count). The SMILES string of the molecule is Cc1ccc(S(=O)(=O)NCCN2CCN(C(=O)[C@H]3CCCCN3)CC2)cc1. The summed E-state index contributed by atoms with van der Waals surface area (Å²) in [4.78, 5) is 17.0. The number of hydrogen-bond acceptors (Lipinski definition) is 5. The van der Waals surface area contributed by atoms with Gasteiger partial charge in [0.2, 0.25) is 15.9 Å². The molecular weight excluding hydrogens is 364 g/mol. The molecule has 2 saturated heterocycles. The molecule has 2 aliphatic rings. The molecule has 0 aromatic heterocycles. The number of carbonyl (C=O) groups is 1. The second kappa shape index (κ2) is 9.14. The van der Waals surface area contributed by atoms with Crippen LogP contribution in [0, 0.1) is 6.92 Å². The Labute approximate surface area is 162 Å². The van der Waals surface area contributed by atoms with E-state index in [1.165, 1.54) is 0 Å². The fourth-order valence-corrected chi connectivity index (χ4v) is 4.63. The molecule has 0 radical (unpaired) electrons. The molecule has 2 fully saturated rings. The number of amides is 1. The van der Waals surface area contributed by atoms with E-state index in [0.29, 0.717) is 31.1 Å². The average molecular weight is 395 g/mol. The molecule has 150 valence electrons. The Morgan fingerprint density at radius 2 is 1.85 bits per heavy atom. The van der Waals surface area contributed by atoms with Gasteiger partial charge >= 0.3 is 0 Å². The lowest BCUT2D eigenvalue weighted by atomic mass is 10.0. The monoisotopic (exact) mass is 394 g/mol. The number of piperazine rings is 1. The van der Waals surface area contributed by atoms with Gasteiger partial charge in [-0.05, 0) is 38.4 Å². The number of benzene rings is 1. The number of nitrogens with zero attached hydrogens (tertiary/aromatic N) is 2. The molecule has 8 heteroatoms. The van der Waals surface area contributed by atoms with Gasteiger partial charge in [0.25, 0.3) is 0 Å². The maximum Gasteiger partial charge on any atom is 0.240 e. The number of rotatable bonds is 6. The highest BCUT2D eigenvalue weighted by molar-refractivity contribution is 7.89. The Morgan fingerprint density at radius 3 is 2.48 bits per heavy atom. The summed E-state index contributed by atoms with van der Waals surface area (Å²) < 4.78 is 27.3. The number of aryl methyl sites for hydroxylation is 1. The third-order valence-corrected chi connectivity index (χ3v) is 6.82. The summed E-state index contributed by atoms with van der Waals surface area (Å²) in [5, 5.41) is 3.32. The molecule has 1 aromatic carbocycles. The number of nitrogens with one attached hydrogen (secondary N) is 2.